The van der Waals surface area contributed by atoms with Crippen molar-refractivity contribution in [3.8, 4) is 6.07 Å². The number of carboxylic acid groups (broad SMARTS) is 1. The van der Waals surface area contributed by atoms with E-state index in [1.807, 2.05) is 31.2 Å². The molecule has 138 valence electrons. The minimum atomic E-state index is -0.858. The lowest BCUT2D eigenvalue weighted by Gasteiger charge is -2.19. The molecule has 2 N–H and O–H groups in total. The van der Waals surface area contributed by atoms with Crippen LogP contribution in [-0.2, 0) is 24.1 Å². The van der Waals surface area contributed by atoms with Crippen molar-refractivity contribution >= 4 is 11.8 Å². The van der Waals surface area contributed by atoms with Gasteiger partial charge in [0, 0.05) is 5.56 Å². The van der Waals surface area contributed by atoms with Crippen molar-refractivity contribution in [2.24, 2.45) is 0 Å². The zero-order valence-electron chi connectivity index (χ0n) is 15.2. The third-order valence-electron chi connectivity index (χ3n) is 5.30. The molecule has 27 heavy (non-hydrogen) atoms. The van der Waals surface area contributed by atoms with E-state index in [4.69, 9.17) is 0 Å². The van der Waals surface area contributed by atoms with Gasteiger partial charge >= 0.3 is 5.97 Å². The average Bonchev–Trinajstić information content (AvgIpc) is 2.81. The second-order valence-corrected chi connectivity index (χ2v) is 6.84. The van der Waals surface area contributed by atoms with Crippen LogP contribution in [0.15, 0.2) is 30.3 Å². The molecule has 0 amide bonds. The Bertz CT molecular complexity index is 956. The summed E-state index contributed by atoms with van der Waals surface area (Å²) in [6.45, 7) is 1.28. The molecule has 0 radical (unpaired) electrons. The molecule has 0 aromatic heterocycles. The smallest absolute Gasteiger partial charge is 0.303 e. The monoisotopic (exact) mass is 363 g/mol. The molecule has 2 aromatic rings. The standard InChI is InChI=1S/C22H21NO4/c1-2-16-18-8-15(10-22(26)27)17-6-4-3-5-13(17)7-14(18)9-19(20(16)11-23)21(25)12-24/h3-6,9,15,24H,2,7-8,10,12H2,1H3,(H,26,27)/t15-/m0/s1. The van der Waals surface area contributed by atoms with Crippen LogP contribution in [0.5, 0.6) is 0 Å². The highest BCUT2D eigenvalue weighted by Crippen LogP contribution is 2.37. The fourth-order valence-corrected chi connectivity index (χ4v) is 4.12. The third kappa shape index (κ3) is 3.49. The van der Waals surface area contributed by atoms with Crippen molar-refractivity contribution in [1.29, 1.82) is 5.26 Å². The number of benzene rings is 2. The van der Waals surface area contributed by atoms with Crippen molar-refractivity contribution in [3.05, 3.63) is 69.3 Å². The average molecular weight is 363 g/mol. The van der Waals surface area contributed by atoms with Crippen molar-refractivity contribution in [2.75, 3.05) is 6.61 Å². The second kappa shape index (κ2) is 7.73. The summed E-state index contributed by atoms with van der Waals surface area (Å²) >= 11 is 0. The van der Waals surface area contributed by atoms with E-state index in [0.29, 0.717) is 24.8 Å². The molecule has 0 saturated carbocycles. The Morgan fingerprint density at radius 3 is 2.63 bits per heavy atom. The van der Waals surface area contributed by atoms with E-state index in [1.54, 1.807) is 6.07 Å². The number of hydrogen-bond donors (Lipinski definition) is 2. The molecule has 5 nitrogen and oxygen atoms in total. The number of carboxylic acids is 1. The molecular weight excluding hydrogens is 342 g/mol. The van der Waals surface area contributed by atoms with Crippen molar-refractivity contribution in [3.63, 3.8) is 0 Å². The van der Waals surface area contributed by atoms with E-state index in [9.17, 15) is 25.1 Å². The van der Waals surface area contributed by atoms with Crippen LogP contribution in [0, 0.1) is 11.3 Å². The predicted molar refractivity (Wildman–Crippen MR) is 99.9 cm³/mol. The molecule has 0 aliphatic heterocycles. The number of fused-ring (bicyclic) bond motifs is 2. The largest absolute Gasteiger partial charge is 0.481 e. The van der Waals surface area contributed by atoms with Crippen LogP contribution < -0.4 is 0 Å². The first-order valence-corrected chi connectivity index (χ1v) is 9.01. The first-order chi connectivity index (χ1) is 13.0. The van der Waals surface area contributed by atoms with Gasteiger partial charge in [-0.2, -0.15) is 5.26 Å². The Labute approximate surface area is 157 Å². The summed E-state index contributed by atoms with van der Waals surface area (Å²) in [5, 5.41) is 28.3. The number of carbonyl (C=O) groups excluding carboxylic acids is 1. The number of aliphatic carboxylic acids is 1. The Balaban J connectivity index is 2.26. The first-order valence-electron chi connectivity index (χ1n) is 9.01. The minimum absolute atomic E-state index is 0.0127. The summed E-state index contributed by atoms with van der Waals surface area (Å²) in [5.41, 5.74) is 5.28. The van der Waals surface area contributed by atoms with Crippen LogP contribution >= 0.6 is 0 Å². The Morgan fingerprint density at radius 1 is 1.26 bits per heavy atom. The van der Waals surface area contributed by atoms with E-state index in [-0.39, 0.29) is 17.9 Å². The summed E-state index contributed by atoms with van der Waals surface area (Å²) in [5.74, 6) is -1.51. The van der Waals surface area contributed by atoms with Gasteiger partial charge in [0.15, 0.2) is 5.78 Å². The Kier molecular flexibility index (Phi) is 5.38. The number of Topliss-reactive ketones (excluding diaryl/α,β-unsaturated/α-hetero) is 1. The van der Waals surface area contributed by atoms with Crippen molar-refractivity contribution < 1.29 is 19.8 Å². The van der Waals surface area contributed by atoms with Crippen LogP contribution in [0.25, 0.3) is 0 Å². The van der Waals surface area contributed by atoms with Gasteiger partial charge in [0.1, 0.15) is 12.7 Å². The Hall–Kier alpha value is -2.97. The number of ketones is 1. The third-order valence-corrected chi connectivity index (χ3v) is 5.30. The maximum absolute atomic E-state index is 12.2. The molecule has 0 heterocycles. The van der Waals surface area contributed by atoms with E-state index in [2.05, 4.69) is 6.07 Å². The van der Waals surface area contributed by atoms with Gasteiger partial charge < -0.3 is 10.2 Å². The highest BCUT2D eigenvalue weighted by Gasteiger charge is 2.28. The maximum Gasteiger partial charge on any atom is 0.303 e. The van der Waals surface area contributed by atoms with E-state index in [1.165, 1.54) is 0 Å². The van der Waals surface area contributed by atoms with E-state index >= 15 is 0 Å². The minimum Gasteiger partial charge on any atom is -0.481 e. The van der Waals surface area contributed by atoms with Crippen LogP contribution in [0.4, 0.5) is 0 Å². The van der Waals surface area contributed by atoms with Crippen LogP contribution in [0.1, 0.15) is 63.0 Å². The van der Waals surface area contributed by atoms with Crippen LogP contribution in [0.2, 0.25) is 0 Å². The molecule has 3 rings (SSSR count). The van der Waals surface area contributed by atoms with Gasteiger partial charge in [0.2, 0.25) is 0 Å². The normalized spacial score (nSPS) is 15.2. The lowest BCUT2D eigenvalue weighted by Crippen LogP contribution is -2.14. The molecule has 1 atom stereocenters. The maximum atomic E-state index is 12.2. The zero-order chi connectivity index (χ0) is 19.6. The second-order valence-electron chi connectivity index (χ2n) is 6.84. The van der Waals surface area contributed by atoms with Gasteiger partial charge in [-0.25, -0.2) is 0 Å². The summed E-state index contributed by atoms with van der Waals surface area (Å²) in [4.78, 5) is 23.6. The highest BCUT2D eigenvalue weighted by molar-refractivity contribution is 6.00. The quantitative estimate of drug-likeness (QED) is 0.796. The molecule has 0 saturated heterocycles. The topological polar surface area (TPSA) is 98.4 Å². The molecule has 1 aliphatic rings. The first kappa shape index (κ1) is 18.8. The van der Waals surface area contributed by atoms with Crippen molar-refractivity contribution in [1.82, 2.24) is 0 Å². The summed E-state index contributed by atoms with van der Waals surface area (Å²) in [6.07, 6.45) is 1.67. The summed E-state index contributed by atoms with van der Waals surface area (Å²) < 4.78 is 0. The summed E-state index contributed by atoms with van der Waals surface area (Å²) in [7, 11) is 0. The number of aliphatic hydroxyl groups is 1. The van der Waals surface area contributed by atoms with E-state index < -0.39 is 18.4 Å². The number of nitriles is 1. The molecule has 5 heteroatoms. The SMILES string of the molecule is CCc1c(C#N)c(C(=O)CO)cc2c1C[C@@H](CC(=O)O)c1ccccc1C2. The number of hydrogen-bond acceptors (Lipinski definition) is 4. The van der Waals surface area contributed by atoms with Gasteiger partial charge in [-0.15, -0.1) is 0 Å². The number of carbonyl (C=O) groups is 2. The lowest BCUT2D eigenvalue weighted by molar-refractivity contribution is -0.137. The fraction of sp³-hybridized carbons (Fsp3) is 0.318. The molecule has 0 fully saturated rings. The zero-order valence-corrected chi connectivity index (χ0v) is 15.2. The predicted octanol–water partition coefficient (Wildman–Crippen LogP) is 3.00. The van der Waals surface area contributed by atoms with Crippen molar-refractivity contribution in [2.45, 2.75) is 38.5 Å². The molecule has 0 bridgehead atoms. The number of aliphatic hydroxyl groups excluding tert-OH is 1. The van der Waals surface area contributed by atoms with Crippen LogP contribution in [-0.4, -0.2) is 28.6 Å². The van der Waals surface area contributed by atoms with Crippen LogP contribution in [0.3, 0.4) is 0 Å². The van der Waals surface area contributed by atoms with Gasteiger partial charge in [-0.1, -0.05) is 31.2 Å². The molecule has 0 unspecified atom stereocenters. The number of nitrogens with zero attached hydrogens (tertiary/aromatic N) is 1. The lowest BCUT2D eigenvalue weighted by atomic mass is 9.84. The Morgan fingerprint density at radius 2 is 2.00 bits per heavy atom. The fourth-order valence-electron chi connectivity index (χ4n) is 4.12. The molecule has 2 aromatic carbocycles. The van der Waals surface area contributed by atoms with Gasteiger partial charge in [0.05, 0.1) is 12.0 Å². The molecular formula is C22H21NO4. The number of rotatable bonds is 5. The molecule has 0 spiro atoms. The highest BCUT2D eigenvalue weighted by atomic mass is 16.4. The summed E-state index contributed by atoms with van der Waals surface area (Å²) in [6, 6.07) is 11.6. The van der Waals surface area contributed by atoms with Gasteiger partial charge in [-0.3, -0.25) is 9.59 Å². The molecule has 1 aliphatic carbocycles. The van der Waals surface area contributed by atoms with Gasteiger partial charge in [0.25, 0.3) is 0 Å². The van der Waals surface area contributed by atoms with Gasteiger partial charge in [-0.05, 0) is 59.1 Å². The van der Waals surface area contributed by atoms with E-state index in [0.717, 1.165) is 27.8 Å².